The average Bonchev–Trinajstić information content (AvgIpc) is 2.63. The number of hydrogen-bond donors (Lipinski definition) is 1. The minimum absolute atomic E-state index is 0.0143. The number of morpholine rings is 1. The third-order valence-corrected chi connectivity index (χ3v) is 4.82. The average molecular weight is 331 g/mol. The maximum absolute atomic E-state index is 12.4. The van der Waals surface area contributed by atoms with Gasteiger partial charge in [-0.2, -0.15) is 0 Å². The van der Waals surface area contributed by atoms with E-state index in [1.54, 1.807) is 11.8 Å². The third kappa shape index (κ3) is 4.06. The molecule has 1 aromatic carbocycles. The van der Waals surface area contributed by atoms with Crippen LogP contribution in [0.2, 0.25) is 0 Å². The van der Waals surface area contributed by atoms with Crippen molar-refractivity contribution in [1.29, 1.82) is 0 Å². The zero-order valence-electron chi connectivity index (χ0n) is 14.2. The van der Waals surface area contributed by atoms with Crippen molar-refractivity contribution in [2.45, 2.75) is 19.8 Å². The molecule has 6 nitrogen and oxygen atoms in total. The summed E-state index contributed by atoms with van der Waals surface area (Å²) >= 11 is 0. The molecule has 0 unspecified atom stereocenters. The van der Waals surface area contributed by atoms with E-state index in [1.807, 2.05) is 24.3 Å². The van der Waals surface area contributed by atoms with E-state index in [2.05, 4.69) is 10.2 Å². The fourth-order valence-electron chi connectivity index (χ4n) is 3.28. The maximum Gasteiger partial charge on any atom is 0.227 e. The molecule has 130 valence electrons. The number of nitrogens with zero attached hydrogens (tertiary/aromatic N) is 2. The topological polar surface area (TPSA) is 61.9 Å². The van der Waals surface area contributed by atoms with Gasteiger partial charge in [0.2, 0.25) is 11.8 Å². The Morgan fingerprint density at radius 1 is 1.04 bits per heavy atom. The molecule has 2 heterocycles. The van der Waals surface area contributed by atoms with E-state index < -0.39 is 0 Å². The summed E-state index contributed by atoms with van der Waals surface area (Å²) in [6.07, 6.45) is 1.47. The lowest BCUT2D eigenvalue weighted by Crippen LogP contribution is -2.40. The van der Waals surface area contributed by atoms with Gasteiger partial charge in [-0.25, -0.2) is 0 Å². The van der Waals surface area contributed by atoms with Crippen LogP contribution in [-0.2, 0) is 14.3 Å². The van der Waals surface area contributed by atoms with Crippen molar-refractivity contribution in [3.05, 3.63) is 24.3 Å². The highest BCUT2D eigenvalue weighted by atomic mass is 16.5. The second kappa shape index (κ2) is 7.66. The molecule has 6 heteroatoms. The molecule has 0 spiro atoms. The molecule has 0 bridgehead atoms. The molecule has 2 amide bonds. The van der Waals surface area contributed by atoms with Crippen LogP contribution < -0.4 is 10.2 Å². The van der Waals surface area contributed by atoms with Gasteiger partial charge in [-0.3, -0.25) is 9.59 Å². The lowest BCUT2D eigenvalue weighted by molar-refractivity contribution is -0.132. The van der Waals surface area contributed by atoms with Crippen molar-refractivity contribution in [2.24, 2.45) is 5.92 Å². The van der Waals surface area contributed by atoms with Crippen LogP contribution in [0.4, 0.5) is 11.4 Å². The summed E-state index contributed by atoms with van der Waals surface area (Å²) in [7, 11) is 0. The van der Waals surface area contributed by atoms with Gasteiger partial charge in [0.05, 0.1) is 13.2 Å². The highest BCUT2D eigenvalue weighted by Gasteiger charge is 2.26. The second-order valence-corrected chi connectivity index (χ2v) is 6.42. The van der Waals surface area contributed by atoms with Crippen LogP contribution in [0.15, 0.2) is 24.3 Å². The number of hydrogen-bond acceptors (Lipinski definition) is 4. The Labute approximate surface area is 142 Å². The van der Waals surface area contributed by atoms with Crippen molar-refractivity contribution in [1.82, 2.24) is 4.90 Å². The van der Waals surface area contributed by atoms with E-state index in [1.165, 1.54) is 0 Å². The molecule has 2 aliphatic rings. The summed E-state index contributed by atoms with van der Waals surface area (Å²) in [5.74, 6) is 0.129. The van der Waals surface area contributed by atoms with Gasteiger partial charge >= 0.3 is 0 Å². The normalized spacial score (nSPS) is 19.2. The standard InChI is InChI=1S/C18H25N3O3/c1-14(22)20-8-6-15(7-9-20)18(23)19-16-2-4-17(5-3-16)21-10-12-24-13-11-21/h2-5,15H,6-13H2,1H3,(H,19,23). The third-order valence-electron chi connectivity index (χ3n) is 4.82. The molecule has 0 atom stereocenters. The van der Waals surface area contributed by atoms with Gasteiger partial charge in [0.15, 0.2) is 0 Å². The number of benzene rings is 1. The molecule has 2 saturated heterocycles. The molecule has 1 aromatic rings. The van der Waals surface area contributed by atoms with Crippen molar-refractivity contribution in [3.63, 3.8) is 0 Å². The number of piperidine rings is 1. The fraction of sp³-hybridized carbons (Fsp3) is 0.556. The van der Waals surface area contributed by atoms with E-state index in [0.717, 1.165) is 50.5 Å². The molecular weight excluding hydrogens is 306 g/mol. The van der Waals surface area contributed by atoms with E-state index >= 15 is 0 Å². The Hall–Kier alpha value is -2.08. The van der Waals surface area contributed by atoms with Crippen LogP contribution >= 0.6 is 0 Å². The molecule has 2 fully saturated rings. The summed E-state index contributed by atoms with van der Waals surface area (Å²) in [4.78, 5) is 27.8. The summed E-state index contributed by atoms with van der Waals surface area (Å²) < 4.78 is 5.36. The van der Waals surface area contributed by atoms with E-state index in [-0.39, 0.29) is 17.7 Å². The molecular formula is C18H25N3O3. The zero-order chi connectivity index (χ0) is 16.9. The number of carbonyl (C=O) groups excluding carboxylic acids is 2. The van der Waals surface area contributed by atoms with Gasteiger partial charge in [0, 0.05) is 50.4 Å². The van der Waals surface area contributed by atoms with E-state index in [4.69, 9.17) is 4.74 Å². The smallest absolute Gasteiger partial charge is 0.227 e. The van der Waals surface area contributed by atoms with Crippen LogP contribution in [0.1, 0.15) is 19.8 Å². The first-order valence-electron chi connectivity index (χ1n) is 8.62. The fourth-order valence-corrected chi connectivity index (χ4v) is 3.28. The lowest BCUT2D eigenvalue weighted by atomic mass is 9.96. The molecule has 2 aliphatic heterocycles. The highest BCUT2D eigenvalue weighted by Crippen LogP contribution is 2.22. The van der Waals surface area contributed by atoms with Crippen molar-refractivity contribution < 1.29 is 14.3 Å². The first kappa shape index (κ1) is 16.8. The van der Waals surface area contributed by atoms with Crippen molar-refractivity contribution in [3.8, 4) is 0 Å². The predicted molar refractivity (Wildman–Crippen MR) is 93.1 cm³/mol. The molecule has 1 N–H and O–H groups in total. The number of carbonyl (C=O) groups is 2. The van der Waals surface area contributed by atoms with Gasteiger partial charge in [0.25, 0.3) is 0 Å². The minimum atomic E-state index is -0.0143. The number of amides is 2. The maximum atomic E-state index is 12.4. The number of anilines is 2. The molecule has 3 rings (SSSR count). The van der Waals surface area contributed by atoms with Gasteiger partial charge in [-0.05, 0) is 37.1 Å². The Morgan fingerprint density at radius 3 is 2.25 bits per heavy atom. The Bertz CT molecular complexity index is 574. The Kier molecular flexibility index (Phi) is 5.35. The summed E-state index contributed by atoms with van der Waals surface area (Å²) in [5.41, 5.74) is 1.98. The van der Waals surface area contributed by atoms with E-state index in [9.17, 15) is 9.59 Å². The summed E-state index contributed by atoms with van der Waals surface area (Å²) in [6.45, 7) is 6.25. The first-order valence-corrected chi connectivity index (χ1v) is 8.62. The molecule has 0 radical (unpaired) electrons. The number of ether oxygens (including phenoxy) is 1. The summed E-state index contributed by atoms with van der Waals surface area (Å²) in [5, 5.41) is 3.00. The van der Waals surface area contributed by atoms with Crippen molar-refractivity contribution >= 4 is 23.2 Å². The van der Waals surface area contributed by atoms with Gasteiger partial charge in [-0.1, -0.05) is 0 Å². The predicted octanol–water partition coefficient (Wildman–Crippen LogP) is 1.72. The van der Waals surface area contributed by atoms with Gasteiger partial charge in [-0.15, -0.1) is 0 Å². The molecule has 0 saturated carbocycles. The van der Waals surface area contributed by atoms with Crippen molar-refractivity contribution in [2.75, 3.05) is 49.6 Å². The quantitative estimate of drug-likeness (QED) is 0.916. The van der Waals surface area contributed by atoms with Crippen LogP contribution in [0.5, 0.6) is 0 Å². The van der Waals surface area contributed by atoms with Gasteiger partial charge < -0.3 is 19.9 Å². The number of rotatable bonds is 3. The highest BCUT2D eigenvalue weighted by molar-refractivity contribution is 5.92. The largest absolute Gasteiger partial charge is 0.378 e. The van der Waals surface area contributed by atoms with Crippen LogP contribution in [-0.4, -0.2) is 56.1 Å². The van der Waals surface area contributed by atoms with Crippen LogP contribution in [0.25, 0.3) is 0 Å². The van der Waals surface area contributed by atoms with E-state index in [0.29, 0.717) is 13.1 Å². The lowest BCUT2D eigenvalue weighted by Gasteiger charge is -2.30. The minimum Gasteiger partial charge on any atom is -0.378 e. The summed E-state index contributed by atoms with van der Waals surface area (Å²) in [6, 6.07) is 7.99. The molecule has 0 aromatic heterocycles. The van der Waals surface area contributed by atoms with Crippen LogP contribution in [0, 0.1) is 5.92 Å². The Morgan fingerprint density at radius 2 is 1.67 bits per heavy atom. The molecule has 0 aliphatic carbocycles. The Balaban J connectivity index is 1.52. The second-order valence-electron chi connectivity index (χ2n) is 6.42. The SMILES string of the molecule is CC(=O)N1CCC(C(=O)Nc2ccc(N3CCOCC3)cc2)CC1. The molecule has 24 heavy (non-hydrogen) atoms. The number of nitrogens with one attached hydrogen (secondary N) is 1. The monoisotopic (exact) mass is 331 g/mol. The number of likely N-dealkylation sites (tertiary alicyclic amines) is 1. The zero-order valence-corrected chi connectivity index (χ0v) is 14.2. The van der Waals surface area contributed by atoms with Gasteiger partial charge in [0.1, 0.15) is 0 Å². The first-order chi connectivity index (χ1) is 11.6. The van der Waals surface area contributed by atoms with Crippen LogP contribution in [0.3, 0.4) is 0 Å².